The molecule has 0 aromatic carbocycles. The lowest BCUT2D eigenvalue weighted by Gasteiger charge is -2.37. The zero-order chi connectivity index (χ0) is 17.4. The van der Waals surface area contributed by atoms with Gasteiger partial charge in [-0.25, -0.2) is 14.5 Å². The molecule has 132 valence electrons. The molecule has 1 aromatic heterocycles. The first-order valence-electron chi connectivity index (χ1n) is 8.16. The number of fused-ring (bicyclic) bond motifs is 3. The number of carbonyl (C=O) groups is 2. The van der Waals surface area contributed by atoms with Gasteiger partial charge in [-0.1, -0.05) is 0 Å². The van der Waals surface area contributed by atoms with Gasteiger partial charge in [-0.3, -0.25) is 0 Å². The molecule has 4 heterocycles. The summed E-state index contributed by atoms with van der Waals surface area (Å²) in [7, 11) is 0. The number of thioether (sulfide) groups is 1. The number of aromatic nitrogens is 2. The molecule has 0 amide bonds. The molecule has 3 atom stereocenters. The summed E-state index contributed by atoms with van der Waals surface area (Å²) in [5.41, 5.74) is 0.979. The summed E-state index contributed by atoms with van der Waals surface area (Å²) in [5, 5.41) is 9.56. The largest absolute Gasteiger partial charge is 0.421 e. The fourth-order valence-corrected chi connectivity index (χ4v) is 5.45. The normalized spacial score (nSPS) is 29.5. The Kier molecular flexibility index (Phi) is 4.39. The highest BCUT2D eigenvalue weighted by Crippen LogP contribution is 2.48. The number of hydrogen-bond acceptors (Lipinski definition) is 10. The quantitative estimate of drug-likeness (QED) is 0.325. The molecule has 1 aromatic rings. The Morgan fingerprint density at radius 2 is 2.12 bits per heavy atom. The lowest BCUT2D eigenvalue weighted by Crippen LogP contribution is -2.51. The van der Waals surface area contributed by atoms with E-state index >= 15 is 0 Å². The van der Waals surface area contributed by atoms with Crippen LogP contribution < -0.4 is 0 Å². The van der Waals surface area contributed by atoms with Crippen molar-refractivity contribution in [1.82, 2.24) is 13.6 Å². The first-order chi connectivity index (χ1) is 12.1. The number of ether oxygens (including phenoxy) is 2. The minimum absolute atomic E-state index is 0.189. The smallest absolute Gasteiger partial charge is 0.400 e. The Balaban J connectivity index is 1.48. The average molecular weight is 380 g/mol. The molecule has 3 fully saturated rings. The predicted octanol–water partition coefficient (Wildman–Crippen LogP) is 1.50. The molecular weight excluding hydrogens is 364 g/mol. The van der Waals surface area contributed by atoms with Gasteiger partial charge in [-0.15, -0.1) is 11.8 Å². The van der Waals surface area contributed by atoms with Crippen LogP contribution in [0, 0.1) is 17.2 Å². The van der Waals surface area contributed by atoms with Gasteiger partial charge in [0.05, 0.1) is 23.5 Å². The van der Waals surface area contributed by atoms with Crippen molar-refractivity contribution in [3.63, 3.8) is 0 Å². The predicted molar refractivity (Wildman–Crippen MR) is 87.4 cm³/mol. The maximum atomic E-state index is 11.5. The number of nitrogens with zero attached hydrogens (tertiary/aromatic N) is 4. The van der Waals surface area contributed by atoms with Gasteiger partial charge in [0.25, 0.3) is 0 Å². The van der Waals surface area contributed by atoms with Crippen LogP contribution in [-0.4, -0.2) is 50.3 Å². The van der Waals surface area contributed by atoms with E-state index in [0.717, 1.165) is 29.3 Å². The van der Waals surface area contributed by atoms with Crippen molar-refractivity contribution < 1.29 is 19.1 Å². The molecule has 0 N–H and O–H groups in total. The monoisotopic (exact) mass is 380 g/mol. The van der Waals surface area contributed by atoms with E-state index in [2.05, 4.69) is 14.8 Å². The highest BCUT2D eigenvalue weighted by atomic mass is 32.2. The molecule has 0 radical (unpaired) electrons. The van der Waals surface area contributed by atoms with Gasteiger partial charge >= 0.3 is 17.8 Å². The third-order valence-electron chi connectivity index (χ3n) is 4.93. The standard InChI is InChI=1S/C15H16N4O4S2/c16-5-1-2-6-24-12-11(17-25-18-12)10-8-19-7-9(10)3-4-15(19)22-13(20)14(21)23-15/h9-10H,1-4,6-8H2. The summed E-state index contributed by atoms with van der Waals surface area (Å²) >= 11 is 2.84. The van der Waals surface area contributed by atoms with Crippen LogP contribution in [0.5, 0.6) is 0 Å². The van der Waals surface area contributed by atoms with Gasteiger partial charge in [0.15, 0.2) is 0 Å². The summed E-state index contributed by atoms with van der Waals surface area (Å²) in [6, 6.07) is 2.15. The lowest BCUT2D eigenvalue weighted by atomic mass is 9.88. The highest BCUT2D eigenvalue weighted by molar-refractivity contribution is 7.99. The zero-order valence-corrected chi connectivity index (χ0v) is 15.0. The molecule has 3 saturated heterocycles. The fourth-order valence-electron chi connectivity index (χ4n) is 3.74. The van der Waals surface area contributed by atoms with Crippen LogP contribution in [0.2, 0.25) is 0 Å². The Morgan fingerprint density at radius 1 is 1.32 bits per heavy atom. The maximum absolute atomic E-state index is 11.5. The minimum Gasteiger partial charge on any atom is -0.400 e. The van der Waals surface area contributed by atoms with Crippen LogP contribution in [0.4, 0.5) is 0 Å². The van der Waals surface area contributed by atoms with E-state index in [-0.39, 0.29) is 5.92 Å². The van der Waals surface area contributed by atoms with E-state index in [1.165, 1.54) is 11.7 Å². The van der Waals surface area contributed by atoms with E-state index < -0.39 is 17.8 Å². The number of carbonyl (C=O) groups excluding carboxylic acids is 2. The van der Waals surface area contributed by atoms with E-state index in [0.29, 0.717) is 31.8 Å². The molecule has 8 nitrogen and oxygen atoms in total. The topological polar surface area (TPSA) is 105 Å². The van der Waals surface area contributed by atoms with E-state index in [9.17, 15) is 9.59 Å². The van der Waals surface area contributed by atoms with Crippen molar-refractivity contribution in [3.05, 3.63) is 5.69 Å². The van der Waals surface area contributed by atoms with Gasteiger partial charge < -0.3 is 9.47 Å². The minimum atomic E-state index is -1.22. The van der Waals surface area contributed by atoms with Gasteiger partial charge in [0, 0.05) is 37.6 Å². The SMILES string of the molecule is N#CCCCSc1nsnc1C1CN2CC1CCC21OC(=O)C(=O)O1. The highest BCUT2D eigenvalue weighted by Gasteiger charge is 2.59. The molecule has 0 saturated carbocycles. The number of rotatable bonds is 5. The Bertz CT molecular complexity index is 730. The molecular formula is C15H16N4O4S2. The summed E-state index contributed by atoms with van der Waals surface area (Å²) < 4.78 is 19.4. The summed E-state index contributed by atoms with van der Waals surface area (Å²) in [6.45, 7) is 1.34. The van der Waals surface area contributed by atoms with Crippen molar-refractivity contribution in [2.45, 2.75) is 42.5 Å². The third kappa shape index (κ3) is 2.90. The number of piperidine rings is 1. The maximum Gasteiger partial charge on any atom is 0.421 e. The molecule has 3 aliphatic heterocycles. The molecule has 10 heteroatoms. The number of esters is 2. The van der Waals surface area contributed by atoms with Crippen LogP contribution in [0.1, 0.15) is 37.3 Å². The number of nitriles is 1. The van der Waals surface area contributed by atoms with Gasteiger partial charge in [-0.2, -0.15) is 14.0 Å². The van der Waals surface area contributed by atoms with Crippen LogP contribution in [0.15, 0.2) is 5.03 Å². The van der Waals surface area contributed by atoms with Gasteiger partial charge in [-0.05, 0) is 18.8 Å². The van der Waals surface area contributed by atoms with Crippen LogP contribution in [0.3, 0.4) is 0 Å². The van der Waals surface area contributed by atoms with Crippen LogP contribution >= 0.6 is 23.5 Å². The number of hydrogen-bond donors (Lipinski definition) is 0. The summed E-state index contributed by atoms with van der Waals surface area (Å²) in [5.74, 6) is -1.63. The second-order valence-electron chi connectivity index (χ2n) is 6.37. The average Bonchev–Trinajstić information content (AvgIpc) is 3.26. The van der Waals surface area contributed by atoms with Crippen molar-refractivity contribution in [2.75, 3.05) is 18.8 Å². The van der Waals surface area contributed by atoms with E-state index in [4.69, 9.17) is 14.7 Å². The second kappa shape index (κ2) is 6.55. The van der Waals surface area contributed by atoms with E-state index in [1.54, 1.807) is 11.8 Å². The summed E-state index contributed by atoms with van der Waals surface area (Å²) in [4.78, 5) is 24.9. The van der Waals surface area contributed by atoms with Crippen LogP contribution in [0.25, 0.3) is 0 Å². The van der Waals surface area contributed by atoms with Gasteiger partial charge in [0.2, 0.25) is 0 Å². The second-order valence-corrected chi connectivity index (χ2v) is 7.98. The molecule has 3 unspecified atom stereocenters. The first kappa shape index (κ1) is 16.8. The molecule has 4 rings (SSSR count). The summed E-state index contributed by atoms with van der Waals surface area (Å²) in [6.07, 6.45) is 2.66. The Morgan fingerprint density at radius 3 is 2.88 bits per heavy atom. The Hall–Kier alpha value is -1.70. The Labute approximate surface area is 152 Å². The van der Waals surface area contributed by atoms with E-state index in [1.807, 2.05) is 4.90 Å². The van der Waals surface area contributed by atoms with Crippen molar-refractivity contribution in [3.8, 4) is 6.07 Å². The fraction of sp³-hybridized carbons (Fsp3) is 0.667. The van der Waals surface area contributed by atoms with Crippen molar-refractivity contribution in [1.29, 1.82) is 5.26 Å². The number of unbranched alkanes of at least 4 members (excludes halogenated alkanes) is 1. The molecule has 25 heavy (non-hydrogen) atoms. The van der Waals surface area contributed by atoms with Crippen molar-refractivity contribution >= 4 is 35.4 Å². The third-order valence-corrected chi connectivity index (χ3v) is 6.65. The molecule has 0 aliphatic carbocycles. The zero-order valence-electron chi connectivity index (χ0n) is 13.3. The lowest BCUT2D eigenvalue weighted by molar-refractivity contribution is -0.257. The van der Waals surface area contributed by atoms with Gasteiger partial charge in [0.1, 0.15) is 5.03 Å². The van der Waals surface area contributed by atoms with Crippen LogP contribution in [-0.2, 0) is 19.1 Å². The molecule has 2 bridgehead atoms. The first-order valence-corrected chi connectivity index (χ1v) is 9.88. The molecule has 3 aliphatic rings. The van der Waals surface area contributed by atoms with Crippen molar-refractivity contribution in [2.24, 2.45) is 5.92 Å². The molecule has 1 spiro atoms.